The lowest BCUT2D eigenvalue weighted by molar-refractivity contribution is 0.256. The first kappa shape index (κ1) is 44.2. The molecule has 3 atom stereocenters. The number of hydrogen-bond acceptors (Lipinski definition) is 11. The predicted octanol–water partition coefficient (Wildman–Crippen LogP) is 8.82. The SMILES string of the molecule is COc1cc(-c2ccc3c(c2NC(=O)NS(=N)(=O)c2ccn(C(C)C)n2)CC(c2cc(-c4cc(F)c5c(c4NC(=O)NS(=N)(=O)c4nn(C(C)C)cc4Cl)CCC5)ccn2)C3)ccn1. The summed E-state index contributed by atoms with van der Waals surface area (Å²) in [6, 6.07) is 11.7. The number of methoxy groups -OCH3 is 1. The van der Waals surface area contributed by atoms with Crippen LogP contribution in [0.25, 0.3) is 22.3 Å². The zero-order valence-corrected chi connectivity index (χ0v) is 37.9. The van der Waals surface area contributed by atoms with Gasteiger partial charge in [-0.15, -0.1) is 0 Å². The molecular formula is C43H46ClFN12O5S2. The van der Waals surface area contributed by atoms with Gasteiger partial charge in [-0.2, -0.15) is 10.2 Å². The molecule has 0 saturated carbocycles. The fourth-order valence-electron chi connectivity index (χ4n) is 8.14. The van der Waals surface area contributed by atoms with Crippen molar-refractivity contribution in [2.24, 2.45) is 0 Å². The number of carbonyl (C=O) groups is 2. The molecular weight excluding hydrogens is 883 g/mol. The molecule has 17 nitrogen and oxygen atoms in total. The van der Waals surface area contributed by atoms with Crippen molar-refractivity contribution in [1.82, 2.24) is 39.0 Å². The minimum Gasteiger partial charge on any atom is -0.481 e. The van der Waals surface area contributed by atoms with Crippen molar-refractivity contribution in [3.63, 3.8) is 0 Å². The lowest BCUT2D eigenvalue weighted by atomic mass is 9.94. The summed E-state index contributed by atoms with van der Waals surface area (Å²) in [6.07, 6.45) is 8.79. The third-order valence-corrected chi connectivity index (χ3v) is 14.2. The number of fused-ring (bicyclic) bond motifs is 2. The van der Waals surface area contributed by atoms with Gasteiger partial charge in [0.15, 0.2) is 29.9 Å². The second kappa shape index (κ2) is 17.3. The van der Waals surface area contributed by atoms with E-state index in [4.69, 9.17) is 30.9 Å². The molecule has 0 spiro atoms. The molecule has 0 saturated heterocycles. The van der Waals surface area contributed by atoms with Crippen LogP contribution in [0.5, 0.6) is 5.88 Å². The van der Waals surface area contributed by atoms with Crippen LogP contribution in [0, 0.1) is 15.4 Å². The van der Waals surface area contributed by atoms with Crippen LogP contribution in [0.3, 0.4) is 0 Å². The van der Waals surface area contributed by atoms with Crippen LogP contribution in [0.2, 0.25) is 5.02 Å². The summed E-state index contributed by atoms with van der Waals surface area (Å²) in [7, 11) is -6.35. The Labute approximate surface area is 374 Å². The molecule has 0 fully saturated rings. The third kappa shape index (κ3) is 8.76. The van der Waals surface area contributed by atoms with Crippen LogP contribution in [0.1, 0.15) is 80.1 Å². The number of urea groups is 2. The van der Waals surface area contributed by atoms with E-state index in [1.54, 1.807) is 41.5 Å². The maximum atomic E-state index is 15.8. The van der Waals surface area contributed by atoms with Crippen molar-refractivity contribution in [2.75, 3.05) is 17.7 Å². The lowest BCUT2D eigenvalue weighted by Crippen LogP contribution is -2.34. The van der Waals surface area contributed by atoms with Crippen LogP contribution < -0.4 is 24.8 Å². The molecule has 2 aliphatic rings. The predicted molar refractivity (Wildman–Crippen MR) is 241 cm³/mol. The summed E-state index contributed by atoms with van der Waals surface area (Å²) in [4.78, 5) is 36.3. The molecule has 2 aromatic carbocycles. The Hall–Kier alpha value is -6.38. The van der Waals surface area contributed by atoms with Crippen molar-refractivity contribution in [2.45, 2.75) is 87.9 Å². The molecule has 0 radical (unpaired) electrons. The van der Waals surface area contributed by atoms with E-state index in [1.807, 2.05) is 45.9 Å². The molecule has 4 heterocycles. The number of ether oxygens (including phenoxy) is 1. The highest BCUT2D eigenvalue weighted by Gasteiger charge is 2.31. The average Bonchev–Trinajstić information content (AvgIpc) is 4.08. The zero-order chi connectivity index (χ0) is 45.7. The van der Waals surface area contributed by atoms with Crippen molar-refractivity contribution in [3.8, 4) is 28.1 Å². The minimum atomic E-state index is -4.00. The summed E-state index contributed by atoms with van der Waals surface area (Å²) in [5.41, 5.74) is 6.46. The van der Waals surface area contributed by atoms with Crippen molar-refractivity contribution in [1.29, 1.82) is 9.56 Å². The number of nitrogens with one attached hydrogen (secondary N) is 6. The van der Waals surface area contributed by atoms with Crippen LogP contribution in [0.4, 0.5) is 25.4 Å². The standard InChI is InChI=1S/C43H46ClFN12O5S2/c1-23(2)56-16-13-38(52-56)63(46,60)54-42(58)50-39-29(27-12-15-49-37(20-27)62-5)10-9-25-17-28(18-32(25)39)36-19-26(11-14-48-36)33-21-35(45)30-7-6-8-31(30)40(33)51-43(59)55-64(47,61)41-34(44)22-57(53-41)24(3)4/h9-16,19-24,28H,6-8,17-18H2,1-5H3,(H3,46,50,54,58,60)(H3,47,51,55,59,61). The van der Waals surface area contributed by atoms with Gasteiger partial charge >= 0.3 is 12.1 Å². The number of aromatic nitrogens is 6. The van der Waals surface area contributed by atoms with Gasteiger partial charge in [0.05, 0.1) is 23.5 Å². The van der Waals surface area contributed by atoms with Gasteiger partial charge in [0, 0.05) is 65.7 Å². The summed E-state index contributed by atoms with van der Waals surface area (Å²) in [5.74, 6) is -0.286. The Morgan fingerprint density at radius 3 is 2.14 bits per heavy atom. The highest BCUT2D eigenvalue weighted by atomic mass is 35.5. The lowest BCUT2D eigenvalue weighted by Gasteiger charge is -2.19. The number of carbonyl (C=O) groups excluding carboxylic acids is 2. The minimum absolute atomic E-state index is 0.0280. The van der Waals surface area contributed by atoms with Crippen LogP contribution >= 0.6 is 11.6 Å². The first-order chi connectivity index (χ1) is 30.4. The first-order valence-corrected chi connectivity index (χ1v) is 23.9. The summed E-state index contributed by atoms with van der Waals surface area (Å²) in [6.45, 7) is 7.46. The third-order valence-electron chi connectivity index (χ3n) is 11.3. The summed E-state index contributed by atoms with van der Waals surface area (Å²) >= 11 is 6.30. The molecule has 0 bridgehead atoms. The Morgan fingerprint density at radius 1 is 0.812 bits per heavy atom. The zero-order valence-electron chi connectivity index (χ0n) is 35.5. The maximum Gasteiger partial charge on any atom is 0.332 e. The van der Waals surface area contributed by atoms with E-state index in [0.717, 1.165) is 11.1 Å². The van der Waals surface area contributed by atoms with Crippen LogP contribution in [0.15, 0.2) is 83.4 Å². The Morgan fingerprint density at radius 2 is 1.47 bits per heavy atom. The molecule has 64 heavy (non-hydrogen) atoms. The number of hydrogen-bond donors (Lipinski definition) is 6. The van der Waals surface area contributed by atoms with Crippen molar-refractivity contribution in [3.05, 3.63) is 112 Å². The number of halogens is 2. The monoisotopic (exact) mass is 928 g/mol. The van der Waals surface area contributed by atoms with Crippen LogP contribution in [-0.4, -0.2) is 57.1 Å². The fourth-order valence-corrected chi connectivity index (χ4v) is 10.4. The topological polar surface area (TPSA) is 235 Å². The normalized spacial score (nSPS) is 16.2. The van der Waals surface area contributed by atoms with E-state index in [-0.39, 0.29) is 33.1 Å². The number of amides is 4. The van der Waals surface area contributed by atoms with Gasteiger partial charge in [-0.3, -0.25) is 14.3 Å². The van der Waals surface area contributed by atoms with Gasteiger partial charge < -0.3 is 15.4 Å². The average molecular weight is 930 g/mol. The maximum absolute atomic E-state index is 15.8. The quantitative estimate of drug-likeness (QED) is 0.0687. The Bertz CT molecular complexity index is 3060. The fraction of sp³-hybridized carbons (Fsp3) is 0.302. The largest absolute Gasteiger partial charge is 0.481 e. The van der Waals surface area contributed by atoms with Crippen LogP contribution in [-0.2, 0) is 45.5 Å². The molecule has 3 unspecified atom stereocenters. The number of nitrogens with zero attached hydrogens (tertiary/aromatic N) is 6. The highest BCUT2D eigenvalue weighted by Crippen LogP contribution is 2.44. The Kier molecular flexibility index (Phi) is 12.0. The molecule has 4 aromatic heterocycles. The molecule has 334 valence electrons. The van der Waals surface area contributed by atoms with Gasteiger partial charge in [-0.25, -0.2) is 46.4 Å². The van der Waals surface area contributed by atoms with Gasteiger partial charge in [-0.05, 0) is 124 Å². The number of pyridine rings is 2. The number of rotatable bonds is 12. The van der Waals surface area contributed by atoms with Crippen molar-refractivity contribution >= 4 is 54.9 Å². The van der Waals surface area contributed by atoms with Gasteiger partial charge in [0.1, 0.15) is 5.82 Å². The smallest absolute Gasteiger partial charge is 0.332 e. The molecule has 8 rings (SSSR count). The summed E-state index contributed by atoms with van der Waals surface area (Å²) < 4.78 is 72.9. The molecule has 2 aliphatic carbocycles. The molecule has 21 heteroatoms. The van der Waals surface area contributed by atoms with Crippen molar-refractivity contribution < 1.29 is 27.1 Å². The van der Waals surface area contributed by atoms with E-state index in [9.17, 15) is 18.0 Å². The second-order valence-electron chi connectivity index (χ2n) is 16.2. The van der Waals surface area contributed by atoms with Gasteiger partial charge in [-0.1, -0.05) is 23.7 Å². The van der Waals surface area contributed by atoms with E-state index < -0.39 is 37.7 Å². The highest BCUT2D eigenvalue weighted by molar-refractivity contribution is 7.91. The summed E-state index contributed by atoms with van der Waals surface area (Å²) in [5, 5.41) is 13.7. The molecule has 4 amide bonds. The van der Waals surface area contributed by atoms with E-state index >= 15 is 4.39 Å². The van der Waals surface area contributed by atoms with E-state index in [2.05, 4.69) is 35.3 Å². The molecule has 6 N–H and O–H groups in total. The van der Waals surface area contributed by atoms with E-state index in [1.165, 1.54) is 30.1 Å². The van der Waals surface area contributed by atoms with Gasteiger partial charge in [0.25, 0.3) is 0 Å². The molecule has 0 aliphatic heterocycles. The van der Waals surface area contributed by atoms with E-state index in [0.29, 0.717) is 88.4 Å². The molecule has 6 aromatic rings. The Balaban J connectivity index is 1.10. The second-order valence-corrected chi connectivity index (χ2v) is 20.0. The number of anilines is 2. The first-order valence-electron chi connectivity index (χ1n) is 20.4. The van der Waals surface area contributed by atoms with Gasteiger partial charge in [0.2, 0.25) is 5.88 Å². The number of benzene rings is 2.